The van der Waals surface area contributed by atoms with Crippen LogP contribution in [0.2, 0.25) is 0 Å². The molecule has 0 fully saturated rings. The first kappa shape index (κ1) is 15.7. The van der Waals surface area contributed by atoms with Gasteiger partial charge in [-0.3, -0.25) is 0 Å². The maximum absolute atomic E-state index is 13.9. The van der Waals surface area contributed by atoms with Crippen LogP contribution in [-0.2, 0) is 4.74 Å². The fourth-order valence-corrected chi connectivity index (χ4v) is 3.15. The summed E-state index contributed by atoms with van der Waals surface area (Å²) in [6.07, 6.45) is 0. The van der Waals surface area contributed by atoms with Crippen molar-refractivity contribution in [2.75, 3.05) is 25.8 Å². The highest BCUT2D eigenvalue weighted by Gasteiger charge is 2.10. The molecule has 0 unspecified atom stereocenters. The van der Waals surface area contributed by atoms with Gasteiger partial charge in [-0.25, -0.2) is 9.37 Å². The summed E-state index contributed by atoms with van der Waals surface area (Å²) in [5, 5.41) is 3.59. The molecule has 0 bridgehead atoms. The minimum absolute atomic E-state index is 0.227. The van der Waals surface area contributed by atoms with Crippen LogP contribution < -0.4 is 10.1 Å². The zero-order valence-electron chi connectivity index (χ0n) is 12.9. The van der Waals surface area contributed by atoms with Crippen molar-refractivity contribution in [1.29, 1.82) is 0 Å². The highest BCUT2D eigenvalue weighted by atomic mass is 32.1. The normalized spacial score (nSPS) is 10.9. The van der Waals surface area contributed by atoms with Gasteiger partial charge in [0.1, 0.15) is 16.6 Å². The lowest BCUT2D eigenvalue weighted by atomic mass is 10.2. The predicted molar refractivity (Wildman–Crippen MR) is 91.7 cm³/mol. The molecule has 0 aliphatic rings. The smallest absolute Gasteiger partial charge is 0.189 e. The van der Waals surface area contributed by atoms with Crippen LogP contribution in [0, 0.1) is 5.82 Å². The van der Waals surface area contributed by atoms with Crippen molar-refractivity contribution in [3.8, 4) is 16.3 Å². The molecule has 1 aromatic heterocycles. The molecular weight excluding hydrogens is 314 g/mol. The van der Waals surface area contributed by atoms with E-state index < -0.39 is 0 Å². The van der Waals surface area contributed by atoms with Crippen LogP contribution >= 0.6 is 11.3 Å². The minimum Gasteiger partial charge on any atom is -0.468 e. The third kappa shape index (κ3) is 3.43. The van der Waals surface area contributed by atoms with Gasteiger partial charge in [0, 0.05) is 19.2 Å². The zero-order chi connectivity index (χ0) is 16.2. The Hall–Kier alpha value is -2.18. The molecule has 23 heavy (non-hydrogen) atoms. The Kier molecular flexibility index (Phi) is 4.73. The summed E-state index contributed by atoms with van der Waals surface area (Å²) in [6, 6.07) is 10.8. The monoisotopic (exact) mass is 331 g/mol. The van der Waals surface area contributed by atoms with Gasteiger partial charge in [0.05, 0.1) is 15.9 Å². The maximum atomic E-state index is 13.9. The Morgan fingerprint density at radius 2 is 2.09 bits per heavy atom. The van der Waals surface area contributed by atoms with Gasteiger partial charge in [-0.2, -0.15) is 0 Å². The Morgan fingerprint density at radius 1 is 1.22 bits per heavy atom. The van der Waals surface area contributed by atoms with E-state index in [-0.39, 0.29) is 12.6 Å². The molecule has 4 nitrogen and oxygen atoms in total. The molecule has 3 rings (SSSR count). The molecule has 1 heterocycles. The van der Waals surface area contributed by atoms with Gasteiger partial charge >= 0.3 is 0 Å². The molecule has 0 saturated carbocycles. The van der Waals surface area contributed by atoms with Crippen LogP contribution in [0.25, 0.3) is 20.8 Å². The minimum atomic E-state index is -0.287. The summed E-state index contributed by atoms with van der Waals surface area (Å²) in [5.41, 5.74) is 2.10. The van der Waals surface area contributed by atoms with Crippen molar-refractivity contribution in [2.45, 2.75) is 6.92 Å². The SMILES string of the molecule is CCOCOc1ccc2nc(-c3ccc(NC)c([18F])c3)sc2c1. The first-order valence-corrected chi connectivity index (χ1v) is 8.11. The molecule has 0 spiro atoms. The Balaban J connectivity index is 1.89. The average Bonchev–Trinajstić information content (AvgIpc) is 2.98. The summed E-state index contributed by atoms with van der Waals surface area (Å²) in [5.74, 6) is 0.447. The fraction of sp³-hybridized carbons (Fsp3) is 0.235. The van der Waals surface area contributed by atoms with E-state index in [4.69, 9.17) is 9.47 Å². The van der Waals surface area contributed by atoms with Crippen molar-refractivity contribution in [1.82, 2.24) is 4.98 Å². The van der Waals surface area contributed by atoms with E-state index in [1.807, 2.05) is 31.2 Å². The van der Waals surface area contributed by atoms with E-state index in [2.05, 4.69) is 10.3 Å². The maximum Gasteiger partial charge on any atom is 0.189 e. The van der Waals surface area contributed by atoms with E-state index in [1.165, 1.54) is 17.4 Å². The molecule has 1 N–H and O–H groups in total. The van der Waals surface area contributed by atoms with Gasteiger partial charge in [-0.15, -0.1) is 11.3 Å². The van der Waals surface area contributed by atoms with Crippen molar-refractivity contribution < 1.29 is 13.9 Å². The Labute approximate surface area is 137 Å². The van der Waals surface area contributed by atoms with Crippen LogP contribution in [0.3, 0.4) is 0 Å². The van der Waals surface area contributed by atoms with E-state index in [0.29, 0.717) is 12.3 Å². The Morgan fingerprint density at radius 3 is 2.83 bits per heavy atom. The molecule has 3 aromatic rings. The van der Waals surface area contributed by atoms with Gasteiger partial charge in [0.25, 0.3) is 0 Å². The number of nitrogens with one attached hydrogen (secondary N) is 1. The van der Waals surface area contributed by atoms with Gasteiger partial charge in [0.2, 0.25) is 0 Å². The van der Waals surface area contributed by atoms with Crippen LogP contribution in [-0.4, -0.2) is 25.4 Å². The highest BCUT2D eigenvalue weighted by Crippen LogP contribution is 2.33. The topological polar surface area (TPSA) is 43.4 Å². The molecule has 0 radical (unpaired) electrons. The number of thiazole rings is 1. The number of aromatic nitrogens is 1. The quantitative estimate of drug-likeness (QED) is 0.533. The number of benzene rings is 2. The molecule has 0 aliphatic carbocycles. The molecule has 2 aromatic carbocycles. The lowest BCUT2D eigenvalue weighted by Crippen LogP contribution is -2.01. The number of nitrogens with zero attached hydrogens (tertiary/aromatic N) is 1. The number of fused-ring (bicyclic) bond motifs is 1. The highest BCUT2D eigenvalue weighted by molar-refractivity contribution is 7.21. The summed E-state index contributed by atoms with van der Waals surface area (Å²) in [6.45, 7) is 2.76. The third-order valence-corrected chi connectivity index (χ3v) is 4.43. The number of rotatable bonds is 6. The molecule has 0 atom stereocenters. The van der Waals surface area contributed by atoms with Crippen LogP contribution in [0.5, 0.6) is 5.75 Å². The second kappa shape index (κ2) is 6.93. The number of hydrogen-bond donors (Lipinski definition) is 1. The van der Waals surface area contributed by atoms with E-state index in [1.54, 1.807) is 13.1 Å². The molecule has 120 valence electrons. The van der Waals surface area contributed by atoms with Crippen molar-refractivity contribution in [2.24, 2.45) is 0 Å². The van der Waals surface area contributed by atoms with Gasteiger partial charge in [-0.05, 0) is 43.3 Å². The molecule has 0 saturated heterocycles. The molecular formula is C17H17FN2O2S. The summed E-state index contributed by atoms with van der Waals surface area (Å²) >= 11 is 1.51. The summed E-state index contributed by atoms with van der Waals surface area (Å²) < 4.78 is 25.6. The fourth-order valence-electron chi connectivity index (χ4n) is 2.16. The average molecular weight is 331 g/mol. The van der Waals surface area contributed by atoms with E-state index in [0.717, 1.165) is 26.5 Å². The lowest BCUT2D eigenvalue weighted by Gasteiger charge is -2.04. The first-order valence-electron chi connectivity index (χ1n) is 7.30. The van der Waals surface area contributed by atoms with Crippen LogP contribution in [0.15, 0.2) is 36.4 Å². The van der Waals surface area contributed by atoms with Crippen LogP contribution in [0.4, 0.5) is 10.1 Å². The number of ether oxygens (including phenoxy) is 2. The summed E-state index contributed by atoms with van der Waals surface area (Å²) in [7, 11) is 1.69. The molecule has 0 amide bonds. The molecule has 6 heteroatoms. The number of anilines is 1. The van der Waals surface area contributed by atoms with Gasteiger partial charge in [-0.1, -0.05) is 0 Å². The second-order valence-electron chi connectivity index (χ2n) is 4.85. The first-order chi connectivity index (χ1) is 11.2. The van der Waals surface area contributed by atoms with E-state index in [9.17, 15) is 4.39 Å². The largest absolute Gasteiger partial charge is 0.468 e. The van der Waals surface area contributed by atoms with Gasteiger partial charge < -0.3 is 14.8 Å². The Bertz CT molecular complexity index is 819. The van der Waals surface area contributed by atoms with E-state index >= 15 is 0 Å². The molecule has 0 aliphatic heterocycles. The van der Waals surface area contributed by atoms with Crippen molar-refractivity contribution in [3.05, 3.63) is 42.2 Å². The number of hydrogen-bond acceptors (Lipinski definition) is 5. The standard InChI is InChI=1S/C17H17FN2O2S/c1-3-21-10-22-12-5-7-15-16(9-12)23-17(20-15)11-4-6-14(19-2)13(18)8-11/h4-9,19H,3,10H2,1-2H3/i18-1. The lowest BCUT2D eigenvalue weighted by molar-refractivity contribution is 0.0225. The van der Waals surface area contributed by atoms with Crippen molar-refractivity contribution in [3.63, 3.8) is 0 Å². The zero-order valence-corrected chi connectivity index (χ0v) is 13.7. The van der Waals surface area contributed by atoms with Crippen molar-refractivity contribution >= 4 is 27.2 Å². The summed E-state index contributed by atoms with van der Waals surface area (Å²) in [4.78, 5) is 4.56. The second-order valence-corrected chi connectivity index (χ2v) is 5.88. The number of halogens is 1. The van der Waals surface area contributed by atoms with Gasteiger partial charge in [0.15, 0.2) is 6.79 Å². The predicted octanol–water partition coefficient (Wildman–Crippen LogP) is 4.52. The third-order valence-electron chi connectivity index (χ3n) is 3.36. The van der Waals surface area contributed by atoms with Crippen LogP contribution in [0.1, 0.15) is 6.92 Å².